The van der Waals surface area contributed by atoms with Gasteiger partial charge in [-0.1, -0.05) is 23.2 Å². The Labute approximate surface area is 201 Å². The van der Waals surface area contributed by atoms with Crippen LogP contribution in [0.25, 0.3) is 17.4 Å². The second-order valence-electron chi connectivity index (χ2n) is 6.82. The Kier molecular flexibility index (Phi) is 8.54. The van der Waals surface area contributed by atoms with Crippen LogP contribution < -0.4 is 15.4 Å². The van der Waals surface area contributed by atoms with Crippen molar-refractivity contribution in [1.29, 1.82) is 0 Å². The van der Waals surface area contributed by atoms with Crippen LogP contribution in [0.4, 0.5) is 0 Å². The third kappa shape index (κ3) is 6.61. The fourth-order valence-corrected chi connectivity index (χ4v) is 3.24. The lowest BCUT2D eigenvalue weighted by molar-refractivity contribution is -0.117. The average molecular weight is 489 g/mol. The molecule has 2 aromatic carbocycles. The highest BCUT2D eigenvalue weighted by Gasteiger charge is 2.16. The summed E-state index contributed by atoms with van der Waals surface area (Å²) in [4.78, 5) is 25.4. The molecule has 0 radical (unpaired) electrons. The van der Waals surface area contributed by atoms with Crippen molar-refractivity contribution in [3.63, 3.8) is 0 Å². The van der Waals surface area contributed by atoms with Gasteiger partial charge in [-0.15, -0.1) is 0 Å². The molecule has 9 heteroatoms. The summed E-state index contributed by atoms with van der Waals surface area (Å²) in [5, 5.41) is 6.30. The first-order valence-corrected chi connectivity index (χ1v) is 10.7. The molecule has 0 saturated carbocycles. The Morgan fingerprint density at radius 2 is 1.79 bits per heavy atom. The normalized spacial score (nSPS) is 11.2. The van der Waals surface area contributed by atoms with E-state index in [1.807, 2.05) is 0 Å². The van der Waals surface area contributed by atoms with Gasteiger partial charge in [0.1, 0.15) is 23.0 Å². The van der Waals surface area contributed by atoms with E-state index in [0.29, 0.717) is 45.0 Å². The van der Waals surface area contributed by atoms with E-state index in [1.165, 1.54) is 20.3 Å². The smallest absolute Gasteiger partial charge is 0.268 e. The molecule has 0 aliphatic carbocycles. The molecule has 0 atom stereocenters. The van der Waals surface area contributed by atoms with Crippen molar-refractivity contribution in [2.75, 3.05) is 27.4 Å². The number of ether oxygens (including phenoxy) is 2. The Balaban J connectivity index is 1.87. The molecule has 1 heterocycles. The van der Waals surface area contributed by atoms with Crippen molar-refractivity contribution in [1.82, 2.24) is 10.6 Å². The van der Waals surface area contributed by atoms with Crippen molar-refractivity contribution >= 4 is 41.1 Å². The van der Waals surface area contributed by atoms with Gasteiger partial charge in [-0.25, -0.2) is 0 Å². The predicted octanol–water partition coefficient (Wildman–Crippen LogP) is 4.80. The SMILES string of the molecule is COCCNC(=O)C(=Cc1ccc(-c2cc(Cl)ccc2Cl)o1)NC(=O)c1ccc(OC)cc1. The summed E-state index contributed by atoms with van der Waals surface area (Å²) >= 11 is 12.3. The van der Waals surface area contributed by atoms with E-state index in [0.717, 1.165) is 0 Å². The summed E-state index contributed by atoms with van der Waals surface area (Å²) < 4.78 is 15.9. The molecule has 33 heavy (non-hydrogen) atoms. The van der Waals surface area contributed by atoms with Gasteiger partial charge in [0.2, 0.25) is 0 Å². The second-order valence-corrected chi connectivity index (χ2v) is 7.66. The Bertz CT molecular complexity index is 1160. The number of methoxy groups -OCH3 is 2. The highest BCUT2D eigenvalue weighted by Crippen LogP contribution is 2.32. The van der Waals surface area contributed by atoms with Gasteiger partial charge in [0, 0.05) is 35.9 Å². The standard InChI is InChI=1S/C24H22Cl2N2O5/c1-31-12-11-27-24(30)21(28-23(29)15-3-6-17(32-2)7-4-15)14-18-8-10-22(33-18)19-13-16(25)5-9-20(19)26/h3-10,13-14H,11-12H2,1-2H3,(H,27,30)(H,28,29). The Morgan fingerprint density at radius 3 is 2.48 bits per heavy atom. The van der Waals surface area contributed by atoms with Crippen molar-refractivity contribution in [2.24, 2.45) is 0 Å². The summed E-state index contributed by atoms with van der Waals surface area (Å²) in [6.45, 7) is 0.593. The van der Waals surface area contributed by atoms with Gasteiger partial charge in [-0.2, -0.15) is 0 Å². The predicted molar refractivity (Wildman–Crippen MR) is 127 cm³/mol. The van der Waals surface area contributed by atoms with E-state index in [4.69, 9.17) is 37.1 Å². The number of furan rings is 1. The topological polar surface area (TPSA) is 89.8 Å². The summed E-state index contributed by atoms with van der Waals surface area (Å²) in [6.07, 6.45) is 1.44. The van der Waals surface area contributed by atoms with Crippen molar-refractivity contribution in [2.45, 2.75) is 0 Å². The largest absolute Gasteiger partial charge is 0.497 e. The molecule has 3 rings (SSSR count). The van der Waals surface area contributed by atoms with Crippen molar-refractivity contribution < 1.29 is 23.5 Å². The summed E-state index contributed by atoms with van der Waals surface area (Å²) in [5.74, 6) is 0.466. The van der Waals surface area contributed by atoms with Gasteiger partial charge in [0.15, 0.2) is 0 Å². The Hall–Kier alpha value is -3.26. The molecular formula is C24H22Cl2N2O5. The number of amides is 2. The first-order valence-electron chi connectivity index (χ1n) is 9.90. The lowest BCUT2D eigenvalue weighted by Gasteiger charge is -2.11. The zero-order chi connectivity index (χ0) is 23.8. The molecular weight excluding hydrogens is 467 g/mol. The monoisotopic (exact) mass is 488 g/mol. The number of benzene rings is 2. The van der Waals surface area contributed by atoms with E-state index >= 15 is 0 Å². The second kappa shape index (κ2) is 11.6. The molecule has 0 bridgehead atoms. The number of halogens is 2. The van der Waals surface area contributed by atoms with Crippen LogP contribution in [-0.2, 0) is 9.53 Å². The maximum atomic E-state index is 12.7. The molecule has 1 aromatic heterocycles. The summed E-state index contributed by atoms with van der Waals surface area (Å²) in [5.41, 5.74) is 0.972. The average Bonchev–Trinajstić information content (AvgIpc) is 3.28. The lowest BCUT2D eigenvalue weighted by Crippen LogP contribution is -2.36. The number of carbonyl (C=O) groups is 2. The van der Waals surface area contributed by atoms with E-state index in [-0.39, 0.29) is 12.2 Å². The fourth-order valence-electron chi connectivity index (χ4n) is 2.86. The summed E-state index contributed by atoms with van der Waals surface area (Å²) in [7, 11) is 3.06. The molecule has 0 aliphatic heterocycles. The van der Waals surface area contributed by atoms with Crippen LogP contribution in [0.15, 0.2) is 64.7 Å². The number of hydrogen-bond donors (Lipinski definition) is 2. The quantitative estimate of drug-likeness (QED) is 0.333. The Morgan fingerprint density at radius 1 is 1.03 bits per heavy atom. The highest BCUT2D eigenvalue weighted by atomic mass is 35.5. The molecule has 0 saturated heterocycles. The van der Waals surface area contributed by atoms with E-state index < -0.39 is 11.8 Å². The van der Waals surface area contributed by atoms with E-state index in [2.05, 4.69) is 10.6 Å². The molecule has 0 aliphatic rings. The zero-order valence-electron chi connectivity index (χ0n) is 18.0. The molecule has 2 N–H and O–H groups in total. The maximum absolute atomic E-state index is 12.7. The zero-order valence-corrected chi connectivity index (χ0v) is 19.5. The molecule has 0 unspecified atom stereocenters. The minimum Gasteiger partial charge on any atom is -0.497 e. The van der Waals surface area contributed by atoms with Crippen molar-refractivity contribution in [3.8, 4) is 17.1 Å². The summed E-state index contributed by atoms with van der Waals surface area (Å²) in [6, 6.07) is 14.9. The van der Waals surface area contributed by atoms with Gasteiger partial charge in [-0.3, -0.25) is 9.59 Å². The molecule has 2 amide bonds. The van der Waals surface area contributed by atoms with Gasteiger partial charge in [0.25, 0.3) is 11.8 Å². The fraction of sp³-hybridized carbons (Fsp3) is 0.167. The van der Waals surface area contributed by atoms with Crippen LogP contribution in [0.5, 0.6) is 5.75 Å². The third-order valence-electron chi connectivity index (χ3n) is 4.54. The minimum absolute atomic E-state index is 0.00464. The first kappa shape index (κ1) is 24.4. The lowest BCUT2D eigenvalue weighted by atomic mass is 10.2. The molecule has 172 valence electrons. The van der Waals surface area contributed by atoms with Gasteiger partial charge >= 0.3 is 0 Å². The van der Waals surface area contributed by atoms with Crippen LogP contribution in [-0.4, -0.2) is 39.2 Å². The molecule has 0 spiro atoms. The van der Waals surface area contributed by atoms with E-state index in [9.17, 15) is 9.59 Å². The molecule has 7 nitrogen and oxygen atoms in total. The van der Waals surface area contributed by atoms with Gasteiger partial charge in [-0.05, 0) is 54.6 Å². The van der Waals surface area contributed by atoms with E-state index in [1.54, 1.807) is 54.6 Å². The van der Waals surface area contributed by atoms with Gasteiger partial charge < -0.3 is 24.5 Å². The van der Waals surface area contributed by atoms with Crippen molar-refractivity contribution in [3.05, 3.63) is 81.7 Å². The number of rotatable bonds is 9. The number of hydrogen-bond acceptors (Lipinski definition) is 5. The molecule has 3 aromatic rings. The van der Waals surface area contributed by atoms with Crippen LogP contribution in [0.2, 0.25) is 10.0 Å². The van der Waals surface area contributed by atoms with Crippen LogP contribution in [0.1, 0.15) is 16.1 Å². The van der Waals surface area contributed by atoms with Crippen LogP contribution in [0, 0.1) is 0 Å². The highest BCUT2D eigenvalue weighted by molar-refractivity contribution is 6.35. The third-order valence-corrected chi connectivity index (χ3v) is 5.11. The van der Waals surface area contributed by atoms with Crippen LogP contribution in [0.3, 0.4) is 0 Å². The van der Waals surface area contributed by atoms with Gasteiger partial charge in [0.05, 0.1) is 18.7 Å². The number of nitrogens with one attached hydrogen (secondary N) is 2. The first-order chi connectivity index (χ1) is 15.9. The van der Waals surface area contributed by atoms with Crippen LogP contribution >= 0.6 is 23.2 Å². The maximum Gasteiger partial charge on any atom is 0.268 e. The molecule has 0 fully saturated rings. The number of carbonyl (C=O) groups excluding carboxylic acids is 2. The minimum atomic E-state index is -0.493.